The molecule has 0 spiro atoms. The Balaban J connectivity index is 0.00000230. The second-order valence-electron chi connectivity index (χ2n) is 11.8. The topological polar surface area (TPSA) is 91.3 Å². The van der Waals surface area contributed by atoms with Crippen LogP contribution in [0.1, 0.15) is 60.5 Å². The number of amides is 1. The van der Waals surface area contributed by atoms with Crippen LogP contribution in [0.15, 0.2) is 60.7 Å². The predicted molar refractivity (Wildman–Crippen MR) is 179 cm³/mol. The van der Waals surface area contributed by atoms with E-state index in [2.05, 4.69) is 70.5 Å². The Labute approximate surface area is 278 Å². The van der Waals surface area contributed by atoms with Gasteiger partial charge in [0.25, 0.3) is 0 Å². The molecule has 1 saturated carbocycles. The zero-order valence-corrected chi connectivity index (χ0v) is 27.7. The molecular weight excluding hydrogens is 613 g/mol. The number of carbonyl (C=O) groups excluding carboxylic acids is 1. The van der Waals surface area contributed by atoms with E-state index < -0.39 is 0 Å². The Hall–Kier alpha value is -2.95. The van der Waals surface area contributed by atoms with Crippen LogP contribution >= 0.6 is 24.8 Å². The molecule has 0 bridgehead atoms. The number of piperazine rings is 2. The van der Waals surface area contributed by atoms with Crippen LogP contribution < -0.4 is 9.47 Å². The Bertz CT molecular complexity index is 1340. The number of nitrogens with zero attached hydrogens (tertiary/aromatic N) is 5. The molecule has 1 N–H and O–H groups in total. The van der Waals surface area contributed by atoms with Gasteiger partial charge in [-0.05, 0) is 30.9 Å². The highest BCUT2D eigenvalue weighted by Gasteiger charge is 2.43. The SMILES string of the molecule is CCOc1nc(C2CC2)nc(OC)c1CN1C[C@@H]2CN(C(=O)CCO)CCN2[C@H](C(c2ccccc2)c2ccccc2)C1.Cl.Cl. The van der Waals surface area contributed by atoms with E-state index in [1.807, 2.05) is 11.8 Å². The molecule has 0 radical (unpaired) electrons. The first-order valence-electron chi connectivity index (χ1n) is 15.6. The van der Waals surface area contributed by atoms with Crippen LogP contribution in [0.5, 0.6) is 11.8 Å². The average Bonchev–Trinajstić information content (AvgIpc) is 3.89. The molecule has 2 aliphatic heterocycles. The zero-order valence-electron chi connectivity index (χ0n) is 26.1. The van der Waals surface area contributed by atoms with Crippen LogP contribution in [0.25, 0.3) is 0 Å². The minimum Gasteiger partial charge on any atom is -0.481 e. The highest BCUT2D eigenvalue weighted by Crippen LogP contribution is 2.41. The summed E-state index contributed by atoms with van der Waals surface area (Å²) in [4.78, 5) is 29.6. The maximum Gasteiger partial charge on any atom is 0.225 e. The largest absolute Gasteiger partial charge is 0.481 e. The lowest BCUT2D eigenvalue weighted by atomic mass is 9.81. The first kappa shape index (κ1) is 34.9. The van der Waals surface area contributed by atoms with Crippen molar-refractivity contribution in [3.05, 3.63) is 83.2 Å². The summed E-state index contributed by atoms with van der Waals surface area (Å²) >= 11 is 0. The van der Waals surface area contributed by atoms with E-state index in [4.69, 9.17) is 19.4 Å². The molecule has 0 unspecified atom stereocenters. The molecule has 244 valence electrons. The number of aliphatic hydroxyl groups is 1. The van der Waals surface area contributed by atoms with Crippen molar-refractivity contribution in [3.8, 4) is 11.8 Å². The number of hydrogen-bond donors (Lipinski definition) is 1. The highest BCUT2D eigenvalue weighted by molar-refractivity contribution is 5.85. The third-order valence-electron chi connectivity index (χ3n) is 9.00. The Morgan fingerprint density at radius 3 is 2.16 bits per heavy atom. The fraction of sp³-hybridized carbons (Fsp3) is 0.500. The first-order chi connectivity index (χ1) is 21.1. The van der Waals surface area contributed by atoms with Crippen molar-refractivity contribution in [2.45, 2.75) is 56.7 Å². The normalized spacial score (nSPS) is 20.1. The summed E-state index contributed by atoms with van der Waals surface area (Å²) in [6, 6.07) is 21.8. The highest BCUT2D eigenvalue weighted by atomic mass is 35.5. The first-order valence-corrected chi connectivity index (χ1v) is 15.6. The number of halogens is 2. The number of hydrogen-bond acceptors (Lipinski definition) is 8. The lowest BCUT2D eigenvalue weighted by Gasteiger charge is -2.53. The molecule has 6 rings (SSSR count). The Kier molecular flexibility index (Phi) is 12.5. The number of rotatable bonds is 11. The fourth-order valence-electron chi connectivity index (χ4n) is 6.84. The molecule has 1 aliphatic carbocycles. The predicted octanol–water partition coefficient (Wildman–Crippen LogP) is 4.52. The van der Waals surface area contributed by atoms with Crippen molar-refractivity contribution in [2.24, 2.45) is 0 Å². The smallest absolute Gasteiger partial charge is 0.225 e. The summed E-state index contributed by atoms with van der Waals surface area (Å²) in [6.45, 7) is 6.67. The van der Waals surface area contributed by atoms with Gasteiger partial charge in [0.1, 0.15) is 5.82 Å². The molecule has 3 fully saturated rings. The van der Waals surface area contributed by atoms with Crippen molar-refractivity contribution in [1.29, 1.82) is 0 Å². The number of benzene rings is 2. The van der Waals surface area contributed by atoms with Crippen molar-refractivity contribution < 1.29 is 19.4 Å². The van der Waals surface area contributed by atoms with Gasteiger partial charge in [0.05, 0.1) is 25.9 Å². The van der Waals surface area contributed by atoms with Gasteiger partial charge in [0, 0.05) is 69.6 Å². The molecule has 9 nitrogen and oxygen atoms in total. The number of methoxy groups -OCH3 is 1. The Morgan fingerprint density at radius 1 is 0.933 bits per heavy atom. The van der Waals surface area contributed by atoms with E-state index in [9.17, 15) is 9.90 Å². The van der Waals surface area contributed by atoms with Crippen LogP contribution in [0.2, 0.25) is 0 Å². The van der Waals surface area contributed by atoms with E-state index in [1.54, 1.807) is 7.11 Å². The van der Waals surface area contributed by atoms with Gasteiger partial charge >= 0.3 is 0 Å². The minimum absolute atomic E-state index is 0. The standard InChI is InChI=1S/C34H43N5O4.2ClH/c1-3-43-34-28(33(42-2)35-32(36-34)26-14-15-26)22-37-20-27-21-38(30(41)16-19-40)17-18-39(27)29(23-37)31(24-10-6-4-7-11-24)25-12-8-5-9-13-25;;/h4-13,26-27,29,31,40H,3,14-23H2,1-2H3;2*1H/t27-,29+;;/m1../s1. The van der Waals surface area contributed by atoms with Gasteiger partial charge in [-0.3, -0.25) is 14.6 Å². The molecule has 2 saturated heterocycles. The molecule has 3 aromatic rings. The second-order valence-corrected chi connectivity index (χ2v) is 11.8. The number of ether oxygens (including phenoxy) is 2. The van der Waals surface area contributed by atoms with Crippen LogP contribution in [-0.4, -0.2) is 101 Å². The van der Waals surface area contributed by atoms with Crippen LogP contribution in [0.3, 0.4) is 0 Å². The maximum atomic E-state index is 12.9. The molecule has 3 aliphatic rings. The lowest BCUT2D eigenvalue weighted by molar-refractivity contribution is -0.137. The lowest BCUT2D eigenvalue weighted by Crippen LogP contribution is -2.67. The molecule has 2 aromatic carbocycles. The molecule has 11 heteroatoms. The number of aliphatic hydroxyl groups excluding tert-OH is 1. The van der Waals surface area contributed by atoms with Crippen molar-refractivity contribution in [1.82, 2.24) is 24.7 Å². The van der Waals surface area contributed by atoms with Gasteiger partial charge in [-0.25, -0.2) is 0 Å². The zero-order chi connectivity index (χ0) is 29.8. The van der Waals surface area contributed by atoms with Crippen molar-refractivity contribution in [2.75, 3.05) is 53.0 Å². The van der Waals surface area contributed by atoms with Gasteiger partial charge in [-0.2, -0.15) is 9.97 Å². The Morgan fingerprint density at radius 2 is 1.58 bits per heavy atom. The maximum absolute atomic E-state index is 12.9. The number of aromatic nitrogens is 2. The van der Waals surface area contributed by atoms with Crippen molar-refractivity contribution >= 4 is 30.7 Å². The minimum atomic E-state index is -0.126. The van der Waals surface area contributed by atoms with E-state index in [0.29, 0.717) is 43.9 Å². The van der Waals surface area contributed by atoms with E-state index >= 15 is 0 Å². The van der Waals surface area contributed by atoms with Crippen LogP contribution in [0, 0.1) is 0 Å². The fourth-order valence-corrected chi connectivity index (χ4v) is 6.84. The summed E-state index contributed by atoms with van der Waals surface area (Å²) in [5, 5.41) is 9.45. The summed E-state index contributed by atoms with van der Waals surface area (Å²) < 4.78 is 11.9. The van der Waals surface area contributed by atoms with Gasteiger partial charge in [-0.1, -0.05) is 60.7 Å². The molecule has 1 amide bonds. The molecule has 2 atom stereocenters. The van der Waals surface area contributed by atoms with Crippen LogP contribution in [0.4, 0.5) is 0 Å². The average molecular weight is 659 g/mol. The quantitative estimate of drug-likeness (QED) is 0.322. The van der Waals surface area contributed by atoms with Gasteiger partial charge < -0.3 is 19.5 Å². The summed E-state index contributed by atoms with van der Waals surface area (Å²) in [5.41, 5.74) is 3.44. The third-order valence-corrected chi connectivity index (χ3v) is 9.00. The van der Waals surface area contributed by atoms with Gasteiger partial charge in [-0.15, -0.1) is 24.8 Å². The second kappa shape index (κ2) is 16.1. The number of carbonyl (C=O) groups is 1. The van der Waals surface area contributed by atoms with E-state index in [-0.39, 0.29) is 61.8 Å². The molecule has 45 heavy (non-hydrogen) atoms. The van der Waals surface area contributed by atoms with E-state index in [1.165, 1.54) is 11.1 Å². The van der Waals surface area contributed by atoms with E-state index in [0.717, 1.165) is 43.9 Å². The molecule has 3 heterocycles. The summed E-state index contributed by atoms with van der Waals surface area (Å²) in [5.74, 6) is 2.56. The summed E-state index contributed by atoms with van der Waals surface area (Å²) in [7, 11) is 1.67. The monoisotopic (exact) mass is 657 g/mol. The number of fused-ring (bicyclic) bond motifs is 1. The van der Waals surface area contributed by atoms with Gasteiger partial charge in [0.15, 0.2) is 0 Å². The van der Waals surface area contributed by atoms with Crippen molar-refractivity contribution in [3.63, 3.8) is 0 Å². The summed E-state index contributed by atoms with van der Waals surface area (Å²) in [6.07, 6.45) is 2.37. The van der Waals surface area contributed by atoms with Crippen LogP contribution in [-0.2, 0) is 11.3 Å². The molecular formula is C34H45Cl2N5O4. The third kappa shape index (κ3) is 7.89. The molecule has 1 aromatic heterocycles. The van der Waals surface area contributed by atoms with Gasteiger partial charge in [0.2, 0.25) is 17.7 Å².